The number of piperidine rings is 1. The number of ether oxygens (including phenoxy) is 1. The number of hydrogen-bond acceptors (Lipinski definition) is 3. The van der Waals surface area contributed by atoms with Gasteiger partial charge in [0.1, 0.15) is 0 Å². The predicted molar refractivity (Wildman–Crippen MR) is 85.3 cm³/mol. The molecule has 4 heteroatoms. The number of halogens is 1. The van der Waals surface area contributed by atoms with Crippen LogP contribution in [0.5, 0.6) is 0 Å². The number of likely N-dealkylation sites (tertiary alicyclic amines) is 1. The summed E-state index contributed by atoms with van der Waals surface area (Å²) in [6.07, 6.45) is 3.27. The summed E-state index contributed by atoms with van der Waals surface area (Å²) >= 11 is 5.91. The Labute approximate surface area is 132 Å². The highest BCUT2D eigenvalue weighted by molar-refractivity contribution is 6.30. The van der Waals surface area contributed by atoms with Gasteiger partial charge in [-0.05, 0) is 56.0 Å². The van der Waals surface area contributed by atoms with E-state index in [9.17, 15) is 4.79 Å². The van der Waals surface area contributed by atoms with Crippen LogP contribution in [0.3, 0.4) is 0 Å². The molecule has 1 aliphatic rings. The van der Waals surface area contributed by atoms with Gasteiger partial charge in [-0.15, -0.1) is 0 Å². The predicted octanol–water partition coefficient (Wildman–Crippen LogP) is 3.75. The van der Waals surface area contributed by atoms with E-state index in [1.54, 1.807) is 0 Å². The van der Waals surface area contributed by atoms with E-state index in [2.05, 4.69) is 17.0 Å². The molecule has 3 nitrogen and oxygen atoms in total. The maximum atomic E-state index is 11.5. The van der Waals surface area contributed by atoms with Crippen LogP contribution >= 0.6 is 11.6 Å². The third-order valence-electron chi connectivity index (χ3n) is 4.32. The number of esters is 1. The van der Waals surface area contributed by atoms with Crippen LogP contribution in [0.25, 0.3) is 0 Å². The van der Waals surface area contributed by atoms with Crippen LogP contribution in [-0.4, -0.2) is 31.1 Å². The molecular weight excluding hydrogens is 286 g/mol. The molecular formula is C17H24ClNO2. The first-order valence-corrected chi connectivity index (χ1v) is 8.01. The second-order valence-electron chi connectivity index (χ2n) is 6.01. The second-order valence-corrected chi connectivity index (χ2v) is 6.44. The molecule has 1 saturated heterocycles. The van der Waals surface area contributed by atoms with Gasteiger partial charge < -0.3 is 4.74 Å². The number of nitrogens with zero attached hydrogens (tertiary/aromatic N) is 1. The molecule has 1 aromatic carbocycles. The molecule has 0 spiro atoms. The molecule has 1 atom stereocenters. The number of methoxy groups -OCH3 is 1. The smallest absolute Gasteiger partial charge is 0.308 e. The fraction of sp³-hybridized carbons (Fsp3) is 0.588. The third-order valence-corrected chi connectivity index (χ3v) is 4.57. The van der Waals surface area contributed by atoms with Crippen molar-refractivity contribution in [3.63, 3.8) is 0 Å². The van der Waals surface area contributed by atoms with Crippen molar-refractivity contribution >= 4 is 17.6 Å². The Hall–Kier alpha value is -1.06. The van der Waals surface area contributed by atoms with Crippen LogP contribution in [0, 0.1) is 11.8 Å². The molecule has 0 aromatic heterocycles. The maximum Gasteiger partial charge on any atom is 0.308 e. The van der Waals surface area contributed by atoms with E-state index in [1.165, 1.54) is 12.7 Å². The van der Waals surface area contributed by atoms with Crippen LogP contribution in [0.1, 0.15) is 31.7 Å². The summed E-state index contributed by atoms with van der Waals surface area (Å²) < 4.78 is 4.80. The van der Waals surface area contributed by atoms with Gasteiger partial charge in [0.2, 0.25) is 0 Å². The summed E-state index contributed by atoms with van der Waals surface area (Å²) in [6, 6.07) is 8.07. The minimum atomic E-state index is -0.0846. The molecule has 0 N–H and O–H groups in total. The van der Waals surface area contributed by atoms with Crippen molar-refractivity contribution in [1.82, 2.24) is 4.90 Å². The highest BCUT2D eigenvalue weighted by Crippen LogP contribution is 2.25. The number of rotatable bonds is 5. The maximum absolute atomic E-state index is 11.5. The Morgan fingerprint density at radius 2 is 1.95 bits per heavy atom. The normalized spacial score (nSPS) is 18.4. The van der Waals surface area contributed by atoms with Crippen molar-refractivity contribution in [2.75, 3.05) is 20.2 Å². The number of hydrogen-bond donors (Lipinski definition) is 0. The van der Waals surface area contributed by atoms with Crippen molar-refractivity contribution in [3.8, 4) is 0 Å². The zero-order valence-electron chi connectivity index (χ0n) is 12.8. The lowest BCUT2D eigenvalue weighted by Crippen LogP contribution is -2.34. The van der Waals surface area contributed by atoms with Gasteiger partial charge >= 0.3 is 5.97 Å². The van der Waals surface area contributed by atoms with Crippen molar-refractivity contribution < 1.29 is 9.53 Å². The SMILES string of the molecule is COC(=O)C(C)CC1CCN(Cc2ccc(Cl)cc2)CC1. The van der Waals surface area contributed by atoms with E-state index >= 15 is 0 Å². The van der Waals surface area contributed by atoms with Gasteiger partial charge in [-0.3, -0.25) is 9.69 Å². The summed E-state index contributed by atoms with van der Waals surface area (Å²) in [4.78, 5) is 13.9. The van der Waals surface area contributed by atoms with Gasteiger partial charge in [0.15, 0.2) is 0 Å². The Balaban J connectivity index is 1.75. The number of carbonyl (C=O) groups is 1. The van der Waals surface area contributed by atoms with Gasteiger partial charge in [0.25, 0.3) is 0 Å². The average Bonchev–Trinajstić information content (AvgIpc) is 2.50. The summed E-state index contributed by atoms with van der Waals surface area (Å²) in [6.45, 7) is 5.14. The first-order chi connectivity index (χ1) is 10.1. The van der Waals surface area contributed by atoms with E-state index in [0.717, 1.165) is 43.9 Å². The lowest BCUT2D eigenvalue weighted by atomic mass is 9.88. The molecule has 1 unspecified atom stereocenters. The highest BCUT2D eigenvalue weighted by Gasteiger charge is 2.24. The van der Waals surface area contributed by atoms with E-state index in [0.29, 0.717) is 5.92 Å². The fourth-order valence-electron chi connectivity index (χ4n) is 3.03. The molecule has 1 aromatic rings. The summed E-state index contributed by atoms with van der Waals surface area (Å²) in [7, 11) is 1.47. The monoisotopic (exact) mass is 309 g/mol. The summed E-state index contributed by atoms with van der Waals surface area (Å²) in [5.41, 5.74) is 1.31. The first-order valence-electron chi connectivity index (χ1n) is 7.63. The second kappa shape index (κ2) is 7.81. The first kappa shape index (κ1) is 16.3. The van der Waals surface area contributed by atoms with Gasteiger partial charge in [-0.2, -0.15) is 0 Å². The molecule has 1 fully saturated rings. The number of benzene rings is 1. The van der Waals surface area contributed by atoms with Gasteiger partial charge in [-0.25, -0.2) is 0 Å². The van der Waals surface area contributed by atoms with Crippen molar-refractivity contribution in [3.05, 3.63) is 34.9 Å². The molecule has 2 rings (SSSR count). The standard InChI is InChI=1S/C17H24ClNO2/c1-13(17(20)21-2)11-14-7-9-19(10-8-14)12-15-3-5-16(18)6-4-15/h3-6,13-14H,7-12H2,1-2H3. The molecule has 21 heavy (non-hydrogen) atoms. The molecule has 0 saturated carbocycles. The van der Waals surface area contributed by atoms with Crippen molar-refractivity contribution in [2.24, 2.45) is 11.8 Å². The summed E-state index contributed by atoms with van der Waals surface area (Å²) in [5.74, 6) is 0.571. The Bertz CT molecular complexity index is 452. The van der Waals surface area contributed by atoms with Crippen LogP contribution in [0.2, 0.25) is 5.02 Å². The Morgan fingerprint density at radius 1 is 1.33 bits per heavy atom. The van der Waals surface area contributed by atoms with Crippen LogP contribution < -0.4 is 0 Å². The topological polar surface area (TPSA) is 29.5 Å². The molecule has 1 aliphatic heterocycles. The van der Waals surface area contributed by atoms with Crippen LogP contribution in [-0.2, 0) is 16.1 Å². The average molecular weight is 310 g/mol. The van der Waals surface area contributed by atoms with Gasteiger partial charge in [0.05, 0.1) is 13.0 Å². The molecule has 0 amide bonds. The third kappa shape index (κ3) is 5.01. The molecule has 0 bridgehead atoms. The minimum absolute atomic E-state index is 0.0165. The van der Waals surface area contributed by atoms with E-state index in [4.69, 9.17) is 16.3 Å². The minimum Gasteiger partial charge on any atom is -0.469 e. The van der Waals surface area contributed by atoms with E-state index < -0.39 is 0 Å². The highest BCUT2D eigenvalue weighted by atomic mass is 35.5. The van der Waals surface area contributed by atoms with Crippen molar-refractivity contribution in [2.45, 2.75) is 32.7 Å². The Morgan fingerprint density at radius 3 is 2.52 bits per heavy atom. The Kier molecular flexibility index (Phi) is 6.07. The van der Waals surface area contributed by atoms with Crippen LogP contribution in [0.4, 0.5) is 0 Å². The zero-order valence-corrected chi connectivity index (χ0v) is 13.6. The lowest BCUT2D eigenvalue weighted by molar-refractivity contribution is -0.145. The summed E-state index contributed by atoms with van der Waals surface area (Å²) in [5, 5.41) is 0.786. The molecule has 1 heterocycles. The van der Waals surface area contributed by atoms with Gasteiger partial charge in [-0.1, -0.05) is 30.7 Å². The van der Waals surface area contributed by atoms with Crippen molar-refractivity contribution in [1.29, 1.82) is 0 Å². The largest absolute Gasteiger partial charge is 0.469 e. The van der Waals surface area contributed by atoms with Crippen LogP contribution in [0.15, 0.2) is 24.3 Å². The quantitative estimate of drug-likeness (QED) is 0.776. The van der Waals surface area contributed by atoms with E-state index in [-0.39, 0.29) is 11.9 Å². The molecule has 0 aliphatic carbocycles. The van der Waals surface area contributed by atoms with E-state index in [1.807, 2.05) is 19.1 Å². The van der Waals surface area contributed by atoms with Gasteiger partial charge in [0, 0.05) is 11.6 Å². The lowest BCUT2D eigenvalue weighted by Gasteiger charge is -2.32. The zero-order chi connectivity index (χ0) is 15.2. The fourth-order valence-corrected chi connectivity index (χ4v) is 3.15. The molecule has 116 valence electrons. The number of carbonyl (C=O) groups excluding carboxylic acids is 1. The molecule has 0 radical (unpaired) electrons.